The summed E-state index contributed by atoms with van der Waals surface area (Å²) in [6, 6.07) is 14.1. The summed E-state index contributed by atoms with van der Waals surface area (Å²) < 4.78 is 11.2. The van der Waals surface area contributed by atoms with Crippen LogP contribution in [0, 0.1) is 0 Å². The first kappa shape index (κ1) is 27.4. The van der Waals surface area contributed by atoms with Crippen LogP contribution in [0.2, 0.25) is 10.0 Å². The number of carbonyl (C=O) groups excluding carboxylic acids is 2. The fraction of sp³-hybridized carbons (Fsp3) is 0.379. The molecule has 0 unspecified atom stereocenters. The van der Waals surface area contributed by atoms with Gasteiger partial charge in [0.15, 0.2) is 5.69 Å². The van der Waals surface area contributed by atoms with Crippen molar-refractivity contribution in [2.45, 2.75) is 57.5 Å². The number of nitrogens with zero attached hydrogens (tertiary/aromatic N) is 3. The summed E-state index contributed by atoms with van der Waals surface area (Å²) in [5, 5.41) is 2.98. The molecule has 8 nitrogen and oxygen atoms in total. The first-order valence-corrected chi connectivity index (χ1v) is 14.1. The number of hydrazine groups is 1. The lowest BCUT2D eigenvalue weighted by Gasteiger charge is -2.27. The Morgan fingerprint density at radius 3 is 1.90 bits per heavy atom. The normalized spacial score (nSPS) is 16.5. The average molecular weight is 569 g/mol. The quantitative estimate of drug-likeness (QED) is 0.317. The molecule has 2 aromatic carbocycles. The number of hydrogen-bond acceptors (Lipinski definition) is 7. The molecule has 0 atom stereocenters. The lowest BCUT2D eigenvalue weighted by molar-refractivity contribution is 0.0402. The highest BCUT2D eigenvalue weighted by molar-refractivity contribution is 6.31. The Morgan fingerprint density at radius 2 is 1.31 bits per heavy atom. The van der Waals surface area contributed by atoms with Gasteiger partial charge in [-0.05, 0) is 62.8 Å². The summed E-state index contributed by atoms with van der Waals surface area (Å²) in [6.45, 7) is 1.46. The van der Waals surface area contributed by atoms with E-state index in [1.54, 1.807) is 48.5 Å². The van der Waals surface area contributed by atoms with Crippen molar-refractivity contribution in [2.24, 2.45) is 0 Å². The SMILES string of the molecule is O=C(Oc1nc(-c2ccc(Cl)cc2)c(-c2ccc(Cl)cc2)nc1C(=O)NN1CCCCC1)OC1CCCCC1. The Hall–Kier alpha value is -3.20. The zero-order chi connectivity index (χ0) is 27.2. The van der Waals surface area contributed by atoms with Gasteiger partial charge >= 0.3 is 6.16 Å². The predicted octanol–water partition coefficient (Wildman–Crippen LogP) is 7.10. The van der Waals surface area contributed by atoms with Gasteiger partial charge < -0.3 is 9.47 Å². The van der Waals surface area contributed by atoms with Crippen LogP contribution in [0.4, 0.5) is 4.79 Å². The zero-order valence-corrected chi connectivity index (χ0v) is 23.0. The lowest BCUT2D eigenvalue weighted by Crippen LogP contribution is -2.45. The molecule has 2 heterocycles. The van der Waals surface area contributed by atoms with E-state index in [1.807, 2.05) is 5.01 Å². The van der Waals surface area contributed by atoms with E-state index in [0.29, 0.717) is 32.6 Å². The van der Waals surface area contributed by atoms with Crippen LogP contribution in [0.15, 0.2) is 48.5 Å². The summed E-state index contributed by atoms with van der Waals surface area (Å²) in [5.74, 6) is -0.726. The smallest absolute Gasteiger partial charge is 0.431 e. The molecule has 0 radical (unpaired) electrons. The second kappa shape index (κ2) is 12.8. The second-order valence-corrected chi connectivity index (χ2v) is 10.7. The van der Waals surface area contributed by atoms with Crippen LogP contribution in [0.25, 0.3) is 22.5 Å². The maximum Gasteiger partial charge on any atom is 0.515 e. The third kappa shape index (κ3) is 7.06. The Morgan fingerprint density at radius 1 is 0.769 bits per heavy atom. The summed E-state index contributed by atoms with van der Waals surface area (Å²) in [5.41, 5.74) is 5.03. The molecular formula is C29H30Cl2N4O4. The van der Waals surface area contributed by atoms with Gasteiger partial charge in [0.2, 0.25) is 0 Å². The van der Waals surface area contributed by atoms with Crippen LogP contribution in [-0.2, 0) is 4.74 Å². The van der Waals surface area contributed by atoms with Gasteiger partial charge in [0, 0.05) is 34.3 Å². The summed E-state index contributed by atoms with van der Waals surface area (Å²) in [7, 11) is 0. The first-order valence-electron chi connectivity index (χ1n) is 13.3. The molecule has 0 bridgehead atoms. The molecule has 2 aliphatic rings. The van der Waals surface area contributed by atoms with Gasteiger partial charge in [0.05, 0.1) is 5.69 Å². The van der Waals surface area contributed by atoms with Gasteiger partial charge in [0.25, 0.3) is 11.8 Å². The van der Waals surface area contributed by atoms with Crippen molar-refractivity contribution in [3.63, 3.8) is 0 Å². The maximum absolute atomic E-state index is 13.5. The minimum atomic E-state index is -0.899. The third-order valence-electron chi connectivity index (χ3n) is 6.93. The van der Waals surface area contributed by atoms with Crippen molar-refractivity contribution >= 4 is 35.3 Å². The highest BCUT2D eigenvalue weighted by Gasteiger charge is 2.27. The summed E-state index contributed by atoms with van der Waals surface area (Å²) >= 11 is 12.3. The lowest BCUT2D eigenvalue weighted by atomic mass is 9.98. The largest absolute Gasteiger partial charge is 0.515 e. The van der Waals surface area contributed by atoms with Crippen LogP contribution in [0.3, 0.4) is 0 Å². The van der Waals surface area contributed by atoms with Crippen LogP contribution in [0.1, 0.15) is 61.9 Å². The minimum absolute atomic E-state index is 0.108. The van der Waals surface area contributed by atoms with E-state index >= 15 is 0 Å². The molecule has 5 rings (SSSR count). The highest BCUT2D eigenvalue weighted by Crippen LogP contribution is 2.34. The monoisotopic (exact) mass is 568 g/mol. The number of piperidine rings is 1. The van der Waals surface area contributed by atoms with Crippen LogP contribution in [0.5, 0.6) is 5.88 Å². The Balaban J connectivity index is 1.56. The number of ether oxygens (including phenoxy) is 2. The molecule has 1 amide bonds. The molecule has 1 saturated heterocycles. The van der Waals surface area contributed by atoms with Gasteiger partial charge in [-0.3, -0.25) is 10.2 Å². The molecule has 10 heteroatoms. The molecule has 1 aromatic heterocycles. The number of carbonyl (C=O) groups is 2. The van der Waals surface area contributed by atoms with E-state index < -0.39 is 12.1 Å². The van der Waals surface area contributed by atoms with E-state index in [2.05, 4.69) is 10.4 Å². The molecule has 1 saturated carbocycles. The zero-order valence-electron chi connectivity index (χ0n) is 21.5. The van der Waals surface area contributed by atoms with Gasteiger partial charge in [-0.15, -0.1) is 0 Å². The van der Waals surface area contributed by atoms with Gasteiger partial charge in [-0.25, -0.2) is 19.8 Å². The number of benzene rings is 2. The fourth-order valence-electron chi connectivity index (χ4n) is 4.88. The van der Waals surface area contributed by atoms with Crippen molar-refractivity contribution < 1.29 is 19.1 Å². The molecule has 2 fully saturated rings. The third-order valence-corrected chi connectivity index (χ3v) is 7.43. The van der Waals surface area contributed by atoms with Crippen molar-refractivity contribution in [2.75, 3.05) is 13.1 Å². The average Bonchev–Trinajstić information content (AvgIpc) is 2.95. The molecule has 3 aromatic rings. The Kier molecular flexibility index (Phi) is 8.96. The van der Waals surface area contributed by atoms with Crippen LogP contribution < -0.4 is 10.2 Å². The topological polar surface area (TPSA) is 93.7 Å². The van der Waals surface area contributed by atoms with Gasteiger partial charge in [-0.1, -0.05) is 60.3 Å². The van der Waals surface area contributed by atoms with E-state index in [9.17, 15) is 9.59 Å². The number of amides is 1. The van der Waals surface area contributed by atoms with E-state index in [4.69, 9.17) is 37.7 Å². The molecule has 39 heavy (non-hydrogen) atoms. The highest BCUT2D eigenvalue weighted by atomic mass is 35.5. The number of aromatic nitrogens is 2. The Labute approximate surface area is 237 Å². The van der Waals surface area contributed by atoms with Crippen molar-refractivity contribution in [1.29, 1.82) is 0 Å². The van der Waals surface area contributed by atoms with Crippen molar-refractivity contribution in [3.05, 3.63) is 64.3 Å². The standard InChI is InChI=1S/C29H30Cl2N4O4/c30-21-13-9-19(10-14-21)24-25(20-11-15-22(31)16-12-20)33-28(39-29(37)38-23-7-3-1-4-8-23)26(32-24)27(36)34-35-17-5-2-6-18-35/h9-16,23H,1-8,17-18H2,(H,34,36). The number of nitrogens with one attached hydrogen (secondary N) is 1. The van der Waals surface area contributed by atoms with Crippen molar-refractivity contribution in [1.82, 2.24) is 20.4 Å². The molecule has 204 valence electrons. The van der Waals surface area contributed by atoms with Gasteiger partial charge in [0.1, 0.15) is 11.8 Å². The Bertz CT molecular complexity index is 1310. The van der Waals surface area contributed by atoms with E-state index in [-0.39, 0.29) is 17.7 Å². The van der Waals surface area contributed by atoms with E-state index in [1.165, 1.54) is 0 Å². The summed E-state index contributed by atoms with van der Waals surface area (Å²) in [6.07, 6.45) is 6.65. The molecule has 1 aliphatic heterocycles. The van der Waals surface area contributed by atoms with Crippen molar-refractivity contribution in [3.8, 4) is 28.4 Å². The maximum atomic E-state index is 13.5. The number of halogens is 2. The minimum Gasteiger partial charge on any atom is -0.431 e. The molecular weight excluding hydrogens is 539 g/mol. The molecule has 0 spiro atoms. The van der Waals surface area contributed by atoms with Crippen LogP contribution in [-0.4, -0.2) is 46.2 Å². The second-order valence-electron chi connectivity index (χ2n) is 9.81. The first-order chi connectivity index (χ1) is 19.0. The van der Waals surface area contributed by atoms with Gasteiger partial charge in [-0.2, -0.15) is 0 Å². The number of hydrogen-bond donors (Lipinski definition) is 1. The predicted molar refractivity (Wildman–Crippen MR) is 150 cm³/mol. The summed E-state index contributed by atoms with van der Waals surface area (Å²) in [4.78, 5) is 35.8. The van der Waals surface area contributed by atoms with Crippen LogP contribution >= 0.6 is 23.2 Å². The number of rotatable bonds is 6. The molecule has 1 N–H and O–H groups in total. The fourth-order valence-corrected chi connectivity index (χ4v) is 5.13. The molecule has 1 aliphatic carbocycles. The van der Waals surface area contributed by atoms with E-state index in [0.717, 1.165) is 64.5 Å².